The van der Waals surface area contributed by atoms with Crippen LogP contribution in [0, 0.1) is 0 Å². The van der Waals surface area contributed by atoms with Gasteiger partial charge in [-0.05, 0) is 0 Å². The maximum absolute atomic E-state index is 5.58. The summed E-state index contributed by atoms with van der Waals surface area (Å²) in [7, 11) is 6.07. The summed E-state index contributed by atoms with van der Waals surface area (Å²) in [6.07, 6.45) is 0. The molecule has 0 aliphatic heterocycles. The highest BCUT2D eigenvalue weighted by atomic mass is 28.4. The molecule has 28 heavy (non-hydrogen) atoms. The number of hydrogen-bond donors (Lipinski definition) is 0. The molecule has 0 unspecified atom stereocenters. The molecule has 169 valence electrons. The van der Waals surface area contributed by atoms with Crippen LogP contribution in [0.25, 0.3) is 0 Å². The van der Waals surface area contributed by atoms with E-state index in [1.807, 2.05) is 0 Å². The highest BCUT2D eigenvalue weighted by Crippen LogP contribution is 2.27. The molecule has 13 heteroatoms. The summed E-state index contributed by atoms with van der Waals surface area (Å²) in [6, 6.07) is 5.18. The fourth-order valence-electron chi connectivity index (χ4n) is 3.03. The highest BCUT2D eigenvalue weighted by molar-refractivity contribution is 6.70. The van der Waals surface area contributed by atoms with Crippen molar-refractivity contribution in [1.29, 1.82) is 0 Å². The van der Waals surface area contributed by atoms with Gasteiger partial charge in [-0.25, -0.2) is 0 Å². The maximum atomic E-state index is 5.58. The van der Waals surface area contributed by atoms with Crippen LogP contribution < -0.4 is 0 Å². The lowest BCUT2D eigenvalue weighted by Crippen LogP contribution is -2.46. The van der Waals surface area contributed by atoms with Crippen molar-refractivity contribution in [3.8, 4) is 0 Å². The largest absolute Gasteiger partial charge is 0.499 e. The van der Waals surface area contributed by atoms with Crippen LogP contribution in [0.15, 0.2) is 0 Å². The SMILES string of the molecule is CO[Si](CC[Si](CC[Si](OC)(OC)OC)CC[Si](OC)(OC)OC)(OC)OC. The van der Waals surface area contributed by atoms with E-state index >= 15 is 0 Å². The molecule has 9 nitrogen and oxygen atoms in total. The molecule has 0 heterocycles. The summed E-state index contributed by atoms with van der Waals surface area (Å²) < 4.78 is 50.3. The Morgan fingerprint density at radius 2 is 0.571 bits per heavy atom. The lowest BCUT2D eigenvalue weighted by Gasteiger charge is -2.30. The molecular weight excluding hydrogens is 437 g/mol. The molecule has 1 radical (unpaired) electrons. The van der Waals surface area contributed by atoms with E-state index in [0.29, 0.717) is 0 Å². The van der Waals surface area contributed by atoms with Crippen LogP contribution >= 0.6 is 0 Å². The molecule has 0 fully saturated rings. The van der Waals surface area contributed by atoms with Crippen molar-refractivity contribution in [2.24, 2.45) is 0 Å². The van der Waals surface area contributed by atoms with E-state index in [1.54, 1.807) is 64.0 Å². The van der Waals surface area contributed by atoms with Gasteiger partial charge in [0.15, 0.2) is 0 Å². The molecular formula is C15H39O9Si4. The fraction of sp³-hybridized carbons (Fsp3) is 1.00. The minimum absolute atomic E-state index is 0.758. The molecule has 0 rings (SSSR count). The quantitative estimate of drug-likeness (QED) is 0.277. The molecule has 0 aliphatic rings. The van der Waals surface area contributed by atoms with Gasteiger partial charge in [0.25, 0.3) is 0 Å². The van der Waals surface area contributed by atoms with E-state index in [1.165, 1.54) is 0 Å². The molecule has 0 saturated carbocycles. The number of rotatable bonds is 18. The van der Waals surface area contributed by atoms with Crippen molar-refractivity contribution in [3.05, 3.63) is 0 Å². The van der Waals surface area contributed by atoms with Crippen LogP contribution in [0.5, 0.6) is 0 Å². The second-order valence-electron chi connectivity index (χ2n) is 6.14. The van der Waals surface area contributed by atoms with Crippen LogP contribution in [0.1, 0.15) is 0 Å². The minimum Gasteiger partial charge on any atom is -0.377 e. The average molecular weight is 476 g/mol. The van der Waals surface area contributed by atoms with E-state index in [4.69, 9.17) is 39.8 Å². The van der Waals surface area contributed by atoms with Gasteiger partial charge in [0.05, 0.1) is 0 Å². The Morgan fingerprint density at radius 1 is 0.393 bits per heavy atom. The first kappa shape index (κ1) is 28.5. The molecule has 0 spiro atoms. The summed E-state index contributed by atoms with van der Waals surface area (Å²) in [5, 5.41) is 0. The van der Waals surface area contributed by atoms with Crippen molar-refractivity contribution >= 4 is 35.2 Å². The zero-order valence-corrected chi connectivity index (χ0v) is 22.9. The molecule has 0 saturated heterocycles. The maximum Gasteiger partial charge on any atom is 0.499 e. The van der Waals surface area contributed by atoms with Gasteiger partial charge in [-0.15, -0.1) is 0 Å². The predicted octanol–water partition coefficient (Wildman–Crippen LogP) is 2.12. The van der Waals surface area contributed by atoms with Crippen molar-refractivity contribution < 1.29 is 39.8 Å². The van der Waals surface area contributed by atoms with Crippen LogP contribution in [0.4, 0.5) is 0 Å². The molecule has 0 aromatic rings. The van der Waals surface area contributed by atoms with Gasteiger partial charge < -0.3 is 39.8 Å². The third-order valence-corrected chi connectivity index (χ3v) is 17.7. The van der Waals surface area contributed by atoms with Gasteiger partial charge in [-0.2, -0.15) is 0 Å². The fourth-order valence-corrected chi connectivity index (χ4v) is 15.0. The van der Waals surface area contributed by atoms with Crippen LogP contribution in [0.3, 0.4) is 0 Å². The topological polar surface area (TPSA) is 83.1 Å². The first-order valence-electron chi connectivity index (χ1n) is 9.13. The summed E-state index contributed by atoms with van der Waals surface area (Å²) in [5.41, 5.74) is 0. The summed E-state index contributed by atoms with van der Waals surface area (Å²) in [6.45, 7) is 0. The van der Waals surface area contributed by atoms with E-state index in [0.717, 1.165) is 36.3 Å². The van der Waals surface area contributed by atoms with Gasteiger partial charge in [0.1, 0.15) is 0 Å². The normalized spacial score (nSPS) is 13.5. The Morgan fingerprint density at radius 3 is 0.714 bits per heavy atom. The minimum atomic E-state index is -2.62. The van der Waals surface area contributed by atoms with Crippen molar-refractivity contribution in [2.75, 3.05) is 64.0 Å². The molecule has 0 aromatic heterocycles. The first-order valence-corrected chi connectivity index (χ1v) is 17.0. The number of hydrogen-bond acceptors (Lipinski definition) is 9. The standard InChI is InChI=1S/C15H39O9Si4/c1-16-26(17-2,18-3)13-10-25(11-14-27(19-4,20-5)21-6)12-15-28(22-7,23-8)24-9/h10-15H2,1-9H3. The molecule has 0 aliphatic carbocycles. The summed E-state index contributed by atoms with van der Waals surface area (Å²) in [4.78, 5) is 0. The van der Waals surface area contributed by atoms with E-state index < -0.39 is 35.2 Å². The third-order valence-electron chi connectivity index (χ3n) is 5.15. The molecule has 0 N–H and O–H groups in total. The van der Waals surface area contributed by atoms with Crippen molar-refractivity contribution in [3.63, 3.8) is 0 Å². The first-order chi connectivity index (χ1) is 13.3. The predicted molar refractivity (Wildman–Crippen MR) is 115 cm³/mol. The van der Waals surface area contributed by atoms with E-state index in [-0.39, 0.29) is 0 Å². The van der Waals surface area contributed by atoms with Crippen molar-refractivity contribution in [2.45, 2.75) is 36.3 Å². The van der Waals surface area contributed by atoms with Gasteiger partial charge in [0.2, 0.25) is 0 Å². The summed E-state index contributed by atoms with van der Waals surface area (Å²) in [5.74, 6) is 0. The zero-order valence-electron chi connectivity index (χ0n) is 18.9. The Hall–Kier alpha value is 0.508. The Balaban J connectivity index is 5.19. The smallest absolute Gasteiger partial charge is 0.377 e. The molecule has 0 atom stereocenters. The van der Waals surface area contributed by atoms with Crippen molar-refractivity contribution in [1.82, 2.24) is 0 Å². The van der Waals surface area contributed by atoms with Crippen LogP contribution in [0.2, 0.25) is 36.3 Å². The van der Waals surface area contributed by atoms with Gasteiger partial charge in [0, 0.05) is 90.9 Å². The van der Waals surface area contributed by atoms with Gasteiger partial charge in [-0.3, -0.25) is 0 Å². The van der Waals surface area contributed by atoms with Crippen LogP contribution in [-0.4, -0.2) is 99.2 Å². The Bertz CT molecular complexity index is 312. The summed E-state index contributed by atoms with van der Waals surface area (Å²) >= 11 is 0. The zero-order chi connectivity index (χ0) is 21.7. The van der Waals surface area contributed by atoms with Gasteiger partial charge >= 0.3 is 26.4 Å². The lowest BCUT2D eigenvalue weighted by atomic mass is 10.9. The Kier molecular flexibility index (Phi) is 14.8. The van der Waals surface area contributed by atoms with Gasteiger partial charge in [-0.1, -0.05) is 18.1 Å². The second-order valence-corrected chi connectivity index (χ2v) is 18.4. The third kappa shape index (κ3) is 8.33. The molecule has 0 amide bonds. The average Bonchev–Trinajstić information content (AvgIpc) is 2.76. The monoisotopic (exact) mass is 475 g/mol. The van der Waals surface area contributed by atoms with E-state index in [9.17, 15) is 0 Å². The lowest BCUT2D eigenvalue weighted by molar-refractivity contribution is 0.125. The van der Waals surface area contributed by atoms with E-state index in [2.05, 4.69) is 0 Å². The Labute approximate surface area is 175 Å². The highest BCUT2D eigenvalue weighted by Gasteiger charge is 2.43. The van der Waals surface area contributed by atoms with Crippen LogP contribution in [-0.2, 0) is 39.8 Å². The molecule has 0 bridgehead atoms. The second kappa shape index (κ2) is 14.5. The molecule has 0 aromatic carbocycles.